The minimum atomic E-state index is 0.270. The van der Waals surface area contributed by atoms with Crippen LogP contribution in [0.5, 0.6) is 0 Å². The van der Waals surface area contributed by atoms with E-state index in [-0.39, 0.29) is 6.10 Å². The molecule has 2 aromatic rings. The summed E-state index contributed by atoms with van der Waals surface area (Å²) in [6.45, 7) is 6.64. The highest BCUT2D eigenvalue weighted by molar-refractivity contribution is 5.38. The maximum Gasteiger partial charge on any atom is 0.151 e. The van der Waals surface area contributed by atoms with E-state index in [0.717, 1.165) is 50.1 Å². The zero-order valence-electron chi connectivity index (χ0n) is 15.0. The number of aromatic nitrogens is 2. The molecule has 0 unspecified atom stereocenters. The van der Waals surface area contributed by atoms with Gasteiger partial charge in [-0.15, -0.1) is 5.10 Å². The monoisotopic (exact) mass is 342 g/mol. The molecule has 0 saturated carbocycles. The van der Waals surface area contributed by atoms with Crippen molar-refractivity contribution in [3.8, 4) is 0 Å². The number of anilines is 1. The van der Waals surface area contributed by atoms with Crippen molar-refractivity contribution in [2.45, 2.75) is 26.0 Å². The Morgan fingerprint density at radius 3 is 2.96 bits per heavy atom. The van der Waals surface area contributed by atoms with Gasteiger partial charge in [-0.3, -0.25) is 4.90 Å². The molecule has 2 aliphatic rings. The first-order valence-electron chi connectivity index (χ1n) is 9.07. The molecule has 0 N–H and O–H groups in total. The number of piperidine rings is 1. The summed E-state index contributed by atoms with van der Waals surface area (Å²) in [7, 11) is 2.13. The minimum absolute atomic E-state index is 0.270. The fraction of sp³-hybridized carbons (Fsp3) is 0.579. The largest absolute Gasteiger partial charge is 0.468 e. The van der Waals surface area contributed by atoms with Crippen LogP contribution >= 0.6 is 0 Å². The van der Waals surface area contributed by atoms with Crippen molar-refractivity contribution in [3.63, 3.8) is 0 Å². The van der Waals surface area contributed by atoms with E-state index in [1.54, 1.807) is 6.26 Å². The molecule has 2 aliphatic heterocycles. The van der Waals surface area contributed by atoms with E-state index in [4.69, 9.17) is 9.15 Å². The maximum absolute atomic E-state index is 6.16. The lowest BCUT2D eigenvalue weighted by Gasteiger charge is -2.37. The van der Waals surface area contributed by atoms with E-state index in [1.807, 2.05) is 25.1 Å². The third kappa shape index (κ3) is 3.70. The second kappa shape index (κ2) is 7.14. The number of ether oxygens (including phenoxy) is 1. The van der Waals surface area contributed by atoms with Crippen molar-refractivity contribution in [3.05, 3.63) is 42.0 Å². The van der Waals surface area contributed by atoms with E-state index in [0.29, 0.717) is 11.8 Å². The normalized spacial score (nSPS) is 26.2. The summed E-state index contributed by atoms with van der Waals surface area (Å²) in [4.78, 5) is 4.65. The van der Waals surface area contributed by atoms with Gasteiger partial charge in [0.2, 0.25) is 0 Å². The molecule has 0 spiro atoms. The number of hydrogen-bond donors (Lipinski definition) is 0. The Morgan fingerprint density at radius 1 is 1.28 bits per heavy atom. The number of rotatable bonds is 5. The molecule has 0 bridgehead atoms. The van der Waals surface area contributed by atoms with Crippen molar-refractivity contribution in [1.82, 2.24) is 15.1 Å². The number of hydrogen-bond acceptors (Lipinski definition) is 6. The van der Waals surface area contributed by atoms with E-state index < -0.39 is 0 Å². The summed E-state index contributed by atoms with van der Waals surface area (Å²) in [5.74, 6) is 3.20. The first kappa shape index (κ1) is 16.5. The summed E-state index contributed by atoms with van der Waals surface area (Å²) >= 11 is 0. The molecule has 6 nitrogen and oxygen atoms in total. The maximum atomic E-state index is 6.16. The van der Waals surface area contributed by atoms with E-state index in [9.17, 15) is 0 Å². The zero-order valence-corrected chi connectivity index (χ0v) is 15.0. The quantitative estimate of drug-likeness (QED) is 0.831. The van der Waals surface area contributed by atoms with Crippen LogP contribution in [-0.4, -0.2) is 54.5 Å². The highest BCUT2D eigenvalue weighted by atomic mass is 16.5. The average Bonchev–Trinajstić information content (AvgIpc) is 3.25. The van der Waals surface area contributed by atoms with Crippen LogP contribution in [0.15, 0.2) is 34.9 Å². The zero-order chi connectivity index (χ0) is 17.2. The Balaban J connectivity index is 1.38. The molecule has 3 atom stereocenters. The van der Waals surface area contributed by atoms with Crippen LogP contribution < -0.4 is 4.90 Å². The van der Waals surface area contributed by atoms with Gasteiger partial charge in [0, 0.05) is 25.6 Å². The Labute approximate surface area is 148 Å². The fourth-order valence-electron chi connectivity index (χ4n) is 4.03. The number of fused-ring (bicyclic) bond motifs is 1. The van der Waals surface area contributed by atoms with Gasteiger partial charge in [-0.2, -0.15) is 5.10 Å². The molecule has 0 amide bonds. The van der Waals surface area contributed by atoms with Gasteiger partial charge >= 0.3 is 0 Å². The van der Waals surface area contributed by atoms with Gasteiger partial charge in [-0.1, -0.05) is 0 Å². The van der Waals surface area contributed by atoms with Crippen molar-refractivity contribution < 1.29 is 9.15 Å². The molecule has 0 radical (unpaired) electrons. The van der Waals surface area contributed by atoms with Crippen LogP contribution in [0.25, 0.3) is 0 Å². The third-order valence-corrected chi connectivity index (χ3v) is 5.41. The predicted molar refractivity (Wildman–Crippen MR) is 95.4 cm³/mol. The Bertz CT molecular complexity index is 673. The van der Waals surface area contributed by atoms with E-state index in [2.05, 4.69) is 33.1 Å². The molecule has 0 aliphatic carbocycles. The number of furan rings is 1. The van der Waals surface area contributed by atoms with Gasteiger partial charge < -0.3 is 14.1 Å². The second-order valence-corrected chi connectivity index (χ2v) is 7.34. The van der Waals surface area contributed by atoms with Crippen LogP contribution in [0.4, 0.5) is 5.82 Å². The summed E-state index contributed by atoms with van der Waals surface area (Å²) in [5, 5.41) is 8.57. The van der Waals surface area contributed by atoms with Crippen LogP contribution in [0.2, 0.25) is 0 Å². The Kier molecular flexibility index (Phi) is 4.72. The second-order valence-electron chi connectivity index (χ2n) is 7.34. The van der Waals surface area contributed by atoms with Gasteiger partial charge in [0.1, 0.15) is 5.76 Å². The lowest BCUT2D eigenvalue weighted by atomic mass is 9.84. The lowest BCUT2D eigenvalue weighted by Crippen LogP contribution is -2.45. The van der Waals surface area contributed by atoms with Crippen molar-refractivity contribution in [1.29, 1.82) is 0 Å². The van der Waals surface area contributed by atoms with Gasteiger partial charge in [0.05, 0.1) is 31.2 Å². The molecule has 2 fully saturated rings. The molecule has 4 heterocycles. The molecular weight excluding hydrogens is 316 g/mol. The van der Waals surface area contributed by atoms with Crippen LogP contribution in [0.3, 0.4) is 0 Å². The minimum Gasteiger partial charge on any atom is -0.468 e. The lowest BCUT2D eigenvalue weighted by molar-refractivity contribution is 0.0595. The molecule has 4 rings (SSSR count). The number of nitrogens with zero attached hydrogens (tertiary/aromatic N) is 4. The highest BCUT2D eigenvalue weighted by Crippen LogP contribution is 2.35. The third-order valence-electron chi connectivity index (χ3n) is 5.41. The smallest absolute Gasteiger partial charge is 0.151 e. The van der Waals surface area contributed by atoms with Gasteiger partial charge in [-0.25, -0.2) is 0 Å². The van der Waals surface area contributed by atoms with E-state index >= 15 is 0 Å². The van der Waals surface area contributed by atoms with Crippen molar-refractivity contribution in [2.24, 2.45) is 11.8 Å². The van der Waals surface area contributed by atoms with E-state index in [1.165, 1.54) is 6.42 Å². The first-order chi connectivity index (χ1) is 12.2. The summed E-state index contributed by atoms with van der Waals surface area (Å²) in [6, 6.07) is 8.07. The van der Waals surface area contributed by atoms with Gasteiger partial charge in [-0.05, 0) is 50.6 Å². The molecule has 0 aromatic carbocycles. The first-order valence-corrected chi connectivity index (χ1v) is 9.07. The molecule has 6 heteroatoms. The Morgan fingerprint density at radius 2 is 2.20 bits per heavy atom. The molecule has 134 valence electrons. The molecule has 2 aromatic heterocycles. The number of aryl methyl sites for hydroxylation is 1. The van der Waals surface area contributed by atoms with Gasteiger partial charge in [0.25, 0.3) is 0 Å². The molecule has 2 saturated heterocycles. The highest BCUT2D eigenvalue weighted by Gasteiger charge is 2.41. The van der Waals surface area contributed by atoms with Crippen molar-refractivity contribution in [2.75, 3.05) is 38.2 Å². The van der Waals surface area contributed by atoms with Gasteiger partial charge in [0.15, 0.2) is 5.82 Å². The van der Waals surface area contributed by atoms with Crippen molar-refractivity contribution >= 4 is 5.82 Å². The van der Waals surface area contributed by atoms with Crippen LogP contribution in [-0.2, 0) is 11.3 Å². The standard InChI is InChI=1S/C19H26N4O2/c1-14-5-6-19(21-20-14)23-8-7-15-13-25-18(17(15)11-23)12-22(2)10-16-4-3-9-24-16/h3-6,9,15,17-18H,7-8,10-13H2,1-2H3/t15-,17-,18+/m0/s1. The summed E-state index contributed by atoms with van der Waals surface area (Å²) < 4.78 is 11.6. The fourth-order valence-corrected chi connectivity index (χ4v) is 4.03. The number of likely N-dealkylation sites (N-methyl/N-ethyl adjacent to an activating group) is 1. The SMILES string of the molecule is Cc1ccc(N2CC[C@H]3CO[C@H](CN(C)Cc4ccco4)[C@H]3C2)nn1. The Hall–Kier alpha value is -1.92. The summed E-state index contributed by atoms with van der Waals surface area (Å²) in [5.41, 5.74) is 0.959. The van der Waals surface area contributed by atoms with Crippen LogP contribution in [0, 0.1) is 18.8 Å². The summed E-state index contributed by atoms with van der Waals surface area (Å²) in [6.07, 6.45) is 3.16. The van der Waals surface area contributed by atoms with Crippen LogP contribution in [0.1, 0.15) is 17.9 Å². The topological polar surface area (TPSA) is 54.6 Å². The average molecular weight is 342 g/mol. The molecular formula is C19H26N4O2. The molecule has 25 heavy (non-hydrogen) atoms. The predicted octanol–water partition coefficient (Wildman–Crippen LogP) is 2.35.